The van der Waals surface area contributed by atoms with Crippen LogP contribution in [0.1, 0.15) is 0 Å². The van der Waals surface area contributed by atoms with Crippen molar-refractivity contribution in [2.24, 2.45) is 0 Å². The van der Waals surface area contributed by atoms with Crippen LogP contribution in [0.5, 0.6) is 0 Å². The Labute approximate surface area is 39.8 Å². The van der Waals surface area contributed by atoms with Crippen LogP contribution in [0.3, 0.4) is 0 Å². The van der Waals surface area contributed by atoms with Gasteiger partial charge >= 0.3 is 0 Å². The lowest BCUT2D eigenvalue weighted by Gasteiger charge is -1.78. The predicted octanol–water partition coefficient (Wildman–Crippen LogP) is 1.61. The van der Waals surface area contributed by atoms with Crippen LogP contribution in [0.4, 0.5) is 0 Å². The van der Waals surface area contributed by atoms with Crippen LogP contribution in [0.15, 0.2) is 0 Å². The van der Waals surface area contributed by atoms with E-state index in [4.69, 9.17) is 0 Å². The minimum absolute atomic E-state index is 0.989. The third-order valence-electron chi connectivity index (χ3n) is 0.236. The second-order valence-corrected chi connectivity index (χ2v) is 3.76. The molecule has 0 spiro atoms. The van der Waals surface area contributed by atoms with Crippen molar-refractivity contribution in [1.29, 1.82) is 0 Å². The summed E-state index contributed by atoms with van der Waals surface area (Å²) in [5, 5.41) is 0. The maximum absolute atomic E-state index is 2.17. The fraction of sp³-hybridized carbons (Fsp3) is 1.00. The van der Waals surface area contributed by atoms with Gasteiger partial charge in [-0.15, -0.1) is 7.66 Å². The summed E-state index contributed by atoms with van der Waals surface area (Å²) in [4.78, 5) is 0. The topological polar surface area (TPSA) is 0 Å². The largest absolute Gasteiger partial charge is 0.152 e. The molecule has 0 amide bonds. The molecule has 0 aromatic heterocycles. The molecule has 29 valence electrons. The molecule has 0 N–H and O–H groups in total. The molecular weight excluding hydrogens is 97.9 g/mol. The predicted molar refractivity (Wildman–Crippen MR) is 33.4 cm³/mol. The van der Waals surface area contributed by atoms with Gasteiger partial charge in [-0.1, -0.05) is 6.82 Å². The summed E-state index contributed by atoms with van der Waals surface area (Å²) in [6.45, 7) is 4.25. The molecule has 0 aromatic carbocycles. The van der Waals surface area contributed by atoms with Gasteiger partial charge in [0.05, 0.1) is 0 Å². The highest BCUT2D eigenvalue weighted by atomic mass is 32.7. The van der Waals surface area contributed by atoms with Gasteiger partial charge in [-0.05, 0) is 6.26 Å². The Morgan fingerprint density at radius 1 is 1.80 bits per heavy atom. The van der Waals surface area contributed by atoms with Gasteiger partial charge in [-0.2, -0.15) is 11.4 Å². The highest BCUT2D eigenvalue weighted by molar-refractivity contribution is 8.56. The van der Waals surface area contributed by atoms with E-state index in [0.717, 1.165) is 7.66 Å². The van der Waals surface area contributed by atoms with Crippen molar-refractivity contribution >= 4 is 26.0 Å². The molecule has 0 aromatic rings. The van der Waals surface area contributed by atoms with Crippen LogP contribution in [0.2, 0.25) is 6.82 Å². The van der Waals surface area contributed by atoms with Crippen molar-refractivity contribution in [2.45, 2.75) is 6.82 Å². The zero-order valence-electron chi connectivity index (χ0n) is 3.49. The zero-order valence-corrected chi connectivity index (χ0v) is 5.30. The van der Waals surface area contributed by atoms with E-state index < -0.39 is 0 Å². The van der Waals surface area contributed by atoms with Gasteiger partial charge in [-0.3, -0.25) is 0 Å². The Balaban J connectivity index is 2.19. The molecule has 5 heavy (non-hydrogen) atoms. The summed E-state index contributed by atoms with van der Waals surface area (Å²) in [7, 11) is 0.989. The third kappa shape index (κ3) is 4.84. The second-order valence-electron chi connectivity index (χ2n) is 0.611. The van der Waals surface area contributed by atoms with E-state index in [-0.39, 0.29) is 0 Å². The first-order valence-corrected chi connectivity index (χ1v) is 4.51. The Morgan fingerprint density at radius 2 is 2.40 bits per heavy atom. The molecule has 0 fully saturated rings. The Hall–Kier alpha value is 0.845. The van der Waals surface area contributed by atoms with Gasteiger partial charge in [0, 0.05) is 0 Å². The van der Waals surface area contributed by atoms with Gasteiger partial charge in [0.2, 0.25) is 0 Å². The van der Waals surface area contributed by atoms with Gasteiger partial charge in [0.15, 0.2) is 7.00 Å². The Kier molecular flexibility index (Phi) is 5.66. The van der Waals surface area contributed by atoms with E-state index >= 15 is 0 Å². The minimum Gasteiger partial charge on any atom is -0.151 e. The molecule has 0 aliphatic rings. The van der Waals surface area contributed by atoms with E-state index in [1.54, 1.807) is 0 Å². The molecule has 3 heteroatoms. The van der Waals surface area contributed by atoms with Crippen LogP contribution in [0, 0.1) is 0 Å². The average Bonchev–Trinajstić information content (AvgIpc) is 1.41. The van der Waals surface area contributed by atoms with Crippen molar-refractivity contribution in [1.82, 2.24) is 0 Å². The van der Waals surface area contributed by atoms with E-state index in [9.17, 15) is 0 Å². The monoisotopic (exact) mass is 105 g/mol. The van der Waals surface area contributed by atoms with Crippen LogP contribution in [-0.2, 0) is 0 Å². The number of hydrogen-bond acceptors (Lipinski definition) is 1. The Bertz CT molecular complexity index is 17.1. The minimum atomic E-state index is 0.989. The van der Waals surface area contributed by atoms with Crippen LogP contribution < -0.4 is 0 Å². The standard InChI is InChI=1S/C2H7BPS/c1-3-4-5-2/h4H,1-2H3. The molecule has 1 unspecified atom stereocenters. The van der Waals surface area contributed by atoms with Gasteiger partial charge in [-0.25, -0.2) is 0 Å². The molecular formula is C2H7BPS. The highest BCUT2D eigenvalue weighted by Crippen LogP contribution is 2.21. The first-order chi connectivity index (χ1) is 2.41. The van der Waals surface area contributed by atoms with Crippen LogP contribution in [-0.4, -0.2) is 13.3 Å². The normalized spacial score (nSPS) is 10.0. The maximum atomic E-state index is 2.17. The second kappa shape index (κ2) is 4.84. The fourth-order valence-corrected chi connectivity index (χ4v) is 1.06. The smallest absolute Gasteiger partial charge is 0.151 e. The molecule has 0 saturated carbocycles. The summed E-state index contributed by atoms with van der Waals surface area (Å²) in [5.74, 6) is 0. The van der Waals surface area contributed by atoms with Crippen LogP contribution >= 0.6 is 19.0 Å². The molecule has 0 aliphatic carbocycles. The van der Waals surface area contributed by atoms with Crippen molar-refractivity contribution in [3.63, 3.8) is 0 Å². The van der Waals surface area contributed by atoms with Crippen molar-refractivity contribution in [2.75, 3.05) is 6.26 Å². The first-order valence-electron chi connectivity index (χ1n) is 1.48. The third-order valence-corrected chi connectivity index (χ3v) is 2.12. The van der Waals surface area contributed by atoms with Crippen molar-refractivity contribution < 1.29 is 0 Å². The molecule has 0 heterocycles. The summed E-state index contributed by atoms with van der Waals surface area (Å²) >= 11 is 1.87. The zero-order chi connectivity index (χ0) is 4.12. The van der Waals surface area contributed by atoms with E-state index in [1.807, 2.05) is 11.4 Å². The summed E-state index contributed by atoms with van der Waals surface area (Å²) in [6.07, 6.45) is 2.11. The fourth-order valence-electron chi connectivity index (χ4n) is 0.118. The van der Waals surface area contributed by atoms with Crippen molar-refractivity contribution in [3.8, 4) is 0 Å². The molecule has 0 nitrogen and oxygen atoms in total. The lowest BCUT2D eigenvalue weighted by atomic mass is 10.2. The lowest BCUT2D eigenvalue weighted by molar-refractivity contribution is 2.37. The summed E-state index contributed by atoms with van der Waals surface area (Å²) in [5.41, 5.74) is 0. The molecule has 0 saturated heterocycles. The summed E-state index contributed by atoms with van der Waals surface area (Å²) in [6, 6.07) is 0. The van der Waals surface area contributed by atoms with Crippen molar-refractivity contribution in [3.05, 3.63) is 0 Å². The lowest BCUT2D eigenvalue weighted by Crippen LogP contribution is -1.54. The van der Waals surface area contributed by atoms with E-state index in [1.165, 1.54) is 0 Å². The highest BCUT2D eigenvalue weighted by Gasteiger charge is 1.70. The van der Waals surface area contributed by atoms with E-state index in [2.05, 4.69) is 20.1 Å². The average molecular weight is 105 g/mol. The van der Waals surface area contributed by atoms with E-state index in [0.29, 0.717) is 0 Å². The van der Waals surface area contributed by atoms with Gasteiger partial charge < -0.3 is 0 Å². The van der Waals surface area contributed by atoms with Crippen LogP contribution in [0.25, 0.3) is 0 Å². The summed E-state index contributed by atoms with van der Waals surface area (Å²) < 4.78 is 0. The molecule has 1 atom stereocenters. The number of rotatable bonds is 2. The van der Waals surface area contributed by atoms with Gasteiger partial charge in [0.25, 0.3) is 0 Å². The molecule has 0 bridgehead atoms. The number of hydrogen-bond donors (Lipinski definition) is 0. The SMILES string of the molecule is C[B]PSC. The Morgan fingerprint density at radius 3 is 2.40 bits per heavy atom. The quantitative estimate of drug-likeness (QED) is 0.379. The van der Waals surface area contributed by atoms with Gasteiger partial charge in [0.1, 0.15) is 0 Å². The molecule has 0 aliphatic heterocycles. The molecule has 1 radical (unpaired) electrons. The first kappa shape index (κ1) is 5.84. The molecule has 0 rings (SSSR count). The maximum Gasteiger partial charge on any atom is 0.152 e.